The Morgan fingerprint density at radius 1 is 1.25 bits per heavy atom. The minimum atomic E-state index is -3.56. The van der Waals surface area contributed by atoms with E-state index in [1.54, 1.807) is 20.8 Å². The molecule has 1 unspecified atom stereocenters. The van der Waals surface area contributed by atoms with Gasteiger partial charge >= 0.3 is 0 Å². The predicted molar refractivity (Wildman–Crippen MR) is 65.3 cm³/mol. The first-order chi connectivity index (χ1) is 7.06. The normalized spacial score (nSPS) is 15.4. The zero-order valence-corrected chi connectivity index (χ0v) is 11.6. The smallest absolute Gasteiger partial charge is 0.277 e. The van der Waals surface area contributed by atoms with E-state index in [1.807, 2.05) is 13.8 Å². The van der Waals surface area contributed by atoms with E-state index in [0.717, 1.165) is 0 Å². The lowest BCUT2D eigenvalue weighted by Gasteiger charge is -2.24. The van der Waals surface area contributed by atoms with Gasteiger partial charge in [0.2, 0.25) is 0 Å². The van der Waals surface area contributed by atoms with Gasteiger partial charge in [0.05, 0.1) is 6.61 Å². The summed E-state index contributed by atoms with van der Waals surface area (Å²) in [6.45, 7) is 9.07. The van der Waals surface area contributed by atoms with Crippen LogP contribution in [-0.4, -0.2) is 31.7 Å². The highest BCUT2D eigenvalue weighted by atomic mass is 32.2. The van der Waals surface area contributed by atoms with Crippen LogP contribution in [0.3, 0.4) is 0 Å². The van der Waals surface area contributed by atoms with Gasteiger partial charge < -0.3 is 5.11 Å². The van der Waals surface area contributed by atoms with Crippen molar-refractivity contribution in [2.24, 2.45) is 5.92 Å². The van der Waals surface area contributed by atoms with Gasteiger partial charge in [-0.1, -0.05) is 13.8 Å². The third-order valence-corrected chi connectivity index (χ3v) is 3.26. The molecule has 5 nitrogen and oxygen atoms in total. The van der Waals surface area contributed by atoms with Gasteiger partial charge in [-0.15, -0.1) is 0 Å². The van der Waals surface area contributed by atoms with Crippen molar-refractivity contribution in [3.8, 4) is 0 Å². The summed E-state index contributed by atoms with van der Waals surface area (Å²) in [5.41, 5.74) is -0.524. The topological polar surface area (TPSA) is 78.4 Å². The number of nitrogens with one attached hydrogen (secondary N) is 2. The molecule has 0 aliphatic carbocycles. The minimum Gasteiger partial charge on any atom is -0.395 e. The lowest BCUT2D eigenvalue weighted by Crippen LogP contribution is -2.51. The van der Waals surface area contributed by atoms with Crippen LogP contribution in [0.15, 0.2) is 0 Å². The first-order valence-electron chi connectivity index (χ1n) is 5.48. The highest BCUT2D eigenvalue weighted by Gasteiger charge is 2.23. The maximum atomic E-state index is 11.7. The molecule has 0 saturated heterocycles. The van der Waals surface area contributed by atoms with Crippen LogP contribution in [0.1, 0.15) is 41.0 Å². The Bertz CT molecular complexity index is 294. The van der Waals surface area contributed by atoms with Crippen LogP contribution in [-0.2, 0) is 10.2 Å². The lowest BCUT2D eigenvalue weighted by molar-refractivity contribution is 0.239. The molecule has 98 valence electrons. The van der Waals surface area contributed by atoms with Gasteiger partial charge in [-0.25, -0.2) is 0 Å². The molecule has 0 aliphatic rings. The SMILES string of the molecule is CC(C)CC(CO)NS(=O)(=O)NC(C)(C)C. The molecule has 3 N–H and O–H groups in total. The summed E-state index contributed by atoms with van der Waals surface area (Å²) in [7, 11) is -3.56. The van der Waals surface area contributed by atoms with Crippen LogP contribution in [0, 0.1) is 5.92 Å². The van der Waals surface area contributed by atoms with Crippen LogP contribution in [0.25, 0.3) is 0 Å². The second-order valence-electron chi connectivity index (χ2n) is 5.48. The van der Waals surface area contributed by atoms with Crippen LogP contribution in [0.5, 0.6) is 0 Å². The fourth-order valence-electron chi connectivity index (χ4n) is 1.38. The van der Waals surface area contributed by atoms with E-state index in [9.17, 15) is 8.42 Å². The Morgan fingerprint density at radius 2 is 1.75 bits per heavy atom. The van der Waals surface area contributed by atoms with E-state index in [1.165, 1.54) is 0 Å². The highest BCUT2D eigenvalue weighted by Crippen LogP contribution is 2.06. The Morgan fingerprint density at radius 3 is 2.06 bits per heavy atom. The van der Waals surface area contributed by atoms with Gasteiger partial charge in [-0.3, -0.25) is 0 Å². The quantitative estimate of drug-likeness (QED) is 0.648. The van der Waals surface area contributed by atoms with Crippen molar-refractivity contribution in [2.75, 3.05) is 6.61 Å². The summed E-state index contributed by atoms with van der Waals surface area (Å²) in [4.78, 5) is 0. The molecule has 0 bridgehead atoms. The molecule has 0 fully saturated rings. The Kier molecular flexibility index (Phi) is 5.89. The third-order valence-electron chi connectivity index (χ3n) is 1.74. The number of hydrogen-bond acceptors (Lipinski definition) is 3. The fourth-order valence-corrected chi connectivity index (χ4v) is 2.86. The molecule has 0 amide bonds. The van der Waals surface area contributed by atoms with Crippen LogP contribution in [0.2, 0.25) is 0 Å². The van der Waals surface area contributed by atoms with Gasteiger partial charge in [-0.05, 0) is 33.1 Å². The molecule has 0 radical (unpaired) electrons. The van der Waals surface area contributed by atoms with Crippen LogP contribution < -0.4 is 9.44 Å². The van der Waals surface area contributed by atoms with Crippen LogP contribution >= 0.6 is 0 Å². The first-order valence-corrected chi connectivity index (χ1v) is 6.96. The van der Waals surface area contributed by atoms with Crippen molar-refractivity contribution >= 4 is 10.2 Å². The maximum absolute atomic E-state index is 11.7. The molecule has 1 atom stereocenters. The molecule has 0 rings (SSSR count). The predicted octanol–water partition coefficient (Wildman–Crippen LogP) is 0.616. The van der Waals surface area contributed by atoms with E-state index < -0.39 is 21.8 Å². The first kappa shape index (κ1) is 15.8. The van der Waals surface area contributed by atoms with Crippen molar-refractivity contribution in [2.45, 2.75) is 52.6 Å². The van der Waals surface area contributed by atoms with Crippen molar-refractivity contribution < 1.29 is 13.5 Å². The fraction of sp³-hybridized carbons (Fsp3) is 1.00. The van der Waals surface area contributed by atoms with Crippen molar-refractivity contribution in [3.05, 3.63) is 0 Å². The summed E-state index contributed by atoms with van der Waals surface area (Å²) in [6, 6.07) is -0.431. The number of aliphatic hydroxyl groups excluding tert-OH is 1. The molecule has 0 aromatic carbocycles. The molecule has 0 spiro atoms. The second kappa shape index (κ2) is 5.95. The van der Waals surface area contributed by atoms with Gasteiger partial charge in [0.1, 0.15) is 0 Å². The maximum Gasteiger partial charge on any atom is 0.277 e. The molecule has 0 aromatic heterocycles. The standard InChI is InChI=1S/C10H24N2O3S/c1-8(2)6-9(7-13)11-16(14,15)12-10(3,4)5/h8-9,11-13H,6-7H2,1-5H3. The van der Waals surface area contributed by atoms with E-state index in [2.05, 4.69) is 9.44 Å². The van der Waals surface area contributed by atoms with E-state index in [-0.39, 0.29) is 6.61 Å². The number of aliphatic hydroxyl groups is 1. The highest BCUT2D eigenvalue weighted by molar-refractivity contribution is 7.87. The lowest BCUT2D eigenvalue weighted by atomic mass is 10.1. The summed E-state index contributed by atoms with van der Waals surface area (Å²) in [6.07, 6.45) is 0.613. The van der Waals surface area contributed by atoms with Gasteiger partial charge in [0.25, 0.3) is 10.2 Å². The monoisotopic (exact) mass is 252 g/mol. The largest absolute Gasteiger partial charge is 0.395 e. The zero-order chi connectivity index (χ0) is 13.0. The molecular weight excluding hydrogens is 228 g/mol. The van der Waals surface area contributed by atoms with Crippen molar-refractivity contribution in [1.82, 2.24) is 9.44 Å². The summed E-state index contributed by atoms with van der Waals surface area (Å²) in [5.74, 6) is 0.328. The van der Waals surface area contributed by atoms with Gasteiger partial charge in [0, 0.05) is 11.6 Å². The van der Waals surface area contributed by atoms with Gasteiger partial charge in [-0.2, -0.15) is 17.9 Å². The van der Waals surface area contributed by atoms with E-state index in [4.69, 9.17) is 5.11 Å². The minimum absolute atomic E-state index is 0.191. The molecule has 0 saturated carbocycles. The molecule has 16 heavy (non-hydrogen) atoms. The van der Waals surface area contributed by atoms with Crippen LogP contribution in [0.4, 0.5) is 0 Å². The molecule has 6 heteroatoms. The van der Waals surface area contributed by atoms with E-state index in [0.29, 0.717) is 12.3 Å². The third kappa shape index (κ3) is 8.04. The molecule has 0 heterocycles. The molecular formula is C10H24N2O3S. The zero-order valence-electron chi connectivity index (χ0n) is 10.7. The Balaban J connectivity index is 4.44. The molecule has 0 aromatic rings. The van der Waals surface area contributed by atoms with E-state index >= 15 is 0 Å². The summed E-state index contributed by atoms with van der Waals surface area (Å²) in [5, 5.41) is 9.08. The average Bonchev–Trinajstić information content (AvgIpc) is 1.96. The molecule has 0 aliphatic heterocycles. The summed E-state index contributed by atoms with van der Waals surface area (Å²) >= 11 is 0. The Labute approximate surface area is 98.8 Å². The summed E-state index contributed by atoms with van der Waals surface area (Å²) < 4.78 is 28.3. The number of rotatable bonds is 6. The van der Waals surface area contributed by atoms with Gasteiger partial charge in [0.15, 0.2) is 0 Å². The van der Waals surface area contributed by atoms with Crippen molar-refractivity contribution in [1.29, 1.82) is 0 Å². The number of hydrogen-bond donors (Lipinski definition) is 3. The van der Waals surface area contributed by atoms with Crippen molar-refractivity contribution in [3.63, 3.8) is 0 Å². The second-order valence-corrected chi connectivity index (χ2v) is 6.93. The average molecular weight is 252 g/mol. The Hall–Kier alpha value is -0.170.